The Labute approximate surface area is 141 Å². The standard InChI is InChI=1S/C19H20N2O3/c1-14(18-9-5-11-23-18)21-13-15-6-4-10-20-19(15)24-17-8-3-7-16(12-17)22-2/h3-12,14,21H,13H2,1-2H3. The van der Waals surface area contributed by atoms with Crippen LogP contribution in [0.5, 0.6) is 17.4 Å². The van der Waals surface area contributed by atoms with Crippen LogP contribution >= 0.6 is 0 Å². The predicted octanol–water partition coefficient (Wildman–Crippen LogP) is 4.33. The van der Waals surface area contributed by atoms with E-state index in [2.05, 4.69) is 17.2 Å². The Bertz CT molecular complexity index is 772. The van der Waals surface area contributed by atoms with Crippen molar-refractivity contribution in [1.82, 2.24) is 10.3 Å². The van der Waals surface area contributed by atoms with Gasteiger partial charge in [0, 0.05) is 24.4 Å². The van der Waals surface area contributed by atoms with Gasteiger partial charge in [0.2, 0.25) is 5.88 Å². The summed E-state index contributed by atoms with van der Waals surface area (Å²) >= 11 is 0. The molecule has 1 atom stereocenters. The van der Waals surface area contributed by atoms with Crippen molar-refractivity contribution < 1.29 is 13.9 Å². The number of nitrogens with one attached hydrogen (secondary N) is 1. The van der Waals surface area contributed by atoms with E-state index in [1.807, 2.05) is 48.5 Å². The highest BCUT2D eigenvalue weighted by molar-refractivity contribution is 5.37. The van der Waals surface area contributed by atoms with Crippen molar-refractivity contribution in [3.8, 4) is 17.4 Å². The summed E-state index contributed by atoms with van der Waals surface area (Å²) in [6, 6.07) is 15.3. The van der Waals surface area contributed by atoms with Gasteiger partial charge < -0.3 is 19.2 Å². The second-order valence-corrected chi connectivity index (χ2v) is 5.37. The summed E-state index contributed by atoms with van der Waals surface area (Å²) in [5.74, 6) is 2.90. The quantitative estimate of drug-likeness (QED) is 0.701. The lowest BCUT2D eigenvalue weighted by Crippen LogP contribution is -2.18. The van der Waals surface area contributed by atoms with Crippen molar-refractivity contribution in [2.75, 3.05) is 7.11 Å². The van der Waals surface area contributed by atoms with Gasteiger partial charge in [-0.25, -0.2) is 4.98 Å². The van der Waals surface area contributed by atoms with Crippen molar-refractivity contribution in [2.24, 2.45) is 0 Å². The molecule has 0 saturated heterocycles. The van der Waals surface area contributed by atoms with E-state index in [9.17, 15) is 0 Å². The maximum Gasteiger partial charge on any atom is 0.223 e. The van der Waals surface area contributed by atoms with Gasteiger partial charge in [0.1, 0.15) is 17.3 Å². The van der Waals surface area contributed by atoms with Crippen molar-refractivity contribution in [3.63, 3.8) is 0 Å². The number of pyridine rings is 1. The topological polar surface area (TPSA) is 56.5 Å². The Kier molecular flexibility index (Phi) is 5.13. The van der Waals surface area contributed by atoms with Crippen LogP contribution in [-0.2, 0) is 6.54 Å². The molecule has 0 radical (unpaired) electrons. The molecule has 0 fully saturated rings. The second kappa shape index (κ2) is 7.66. The summed E-state index contributed by atoms with van der Waals surface area (Å²) < 4.78 is 16.6. The first kappa shape index (κ1) is 16.1. The lowest BCUT2D eigenvalue weighted by molar-refractivity contribution is 0.404. The van der Waals surface area contributed by atoms with E-state index >= 15 is 0 Å². The maximum atomic E-state index is 5.92. The molecule has 2 aromatic heterocycles. The fraction of sp³-hybridized carbons (Fsp3) is 0.211. The Morgan fingerprint density at radius 2 is 2.00 bits per heavy atom. The lowest BCUT2D eigenvalue weighted by Gasteiger charge is -2.14. The molecule has 3 rings (SSSR count). The normalized spacial score (nSPS) is 11.9. The molecule has 1 aromatic carbocycles. The van der Waals surface area contributed by atoms with Gasteiger partial charge in [-0.15, -0.1) is 0 Å². The third-order valence-electron chi connectivity index (χ3n) is 3.67. The smallest absolute Gasteiger partial charge is 0.223 e. The molecule has 0 aliphatic rings. The first-order chi connectivity index (χ1) is 11.8. The summed E-state index contributed by atoms with van der Waals surface area (Å²) in [6.45, 7) is 2.67. The molecular formula is C19H20N2O3. The average molecular weight is 324 g/mol. The van der Waals surface area contributed by atoms with Crippen LogP contribution < -0.4 is 14.8 Å². The molecule has 24 heavy (non-hydrogen) atoms. The number of nitrogens with zero attached hydrogens (tertiary/aromatic N) is 1. The van der Waals surface area contributed by atoms with E-state index in [-0.39, 0.29) is 6.04 Å². The third kappa shape index (κ3) is 3.94. The summed E-state index contributed by atoms with van der Waals surface area (Å²) in [6.07, 6.45) is 3.39. The third-order valence-corrected chi connectivity index (χ3v) is 3.67. The summed E-state index contributed by atoms with van der Waals surface area (Å²) in [5.41, 5.74) is 0.971. The highest BCUT2D eigenvalue weighted by Crippen LogP contribution is 2.26. The Balaban J connectivity index is 1.70. The second-order valence-electron chi connectivity index (χ2n) is 5.37. The number of aromatic nitrogens is 1. The van der Waals surface area contributed by atoms with Crippen molar-refractivity contribution in [1.29, 1.82) is 0 Å². The van der Waals surface area contributed by atoms with E-state index in [1.54, 1.807) is 19.6 Å². The summed E-state index contributed by atoms with van der Waals surface area (Å²) in [4.78, 5) is 4.34. The van der Waals surface area contributed by atoms with Crippen molar-refractivity contribution in [2.45, 2.75) is 19.5 Å². The van der Waals surface area contributed by atoms with Crippen molar-refractivity contribution in [3.05, 3.63) is 72.3 Å². The molecule has 0 spiro atoms. The van der Waals surface area contributed by atoms with Crippen LogP contribution in [-0.4, -0.2) is 12.1 Å². The van der Waals surface area contributed by atoms with Gasteiger partial charge >= 0.3 is 0 Å². The molecule has 1 unspecified atom stereocenters. The van der Waals surface area contributed by atoms with Gasteiger partial charge in [0.15, 0.2) is 0 Å². The van der Waals surface area contributed by atoms with Crippen molar-refractivity contribution >= 4 is 0 Å². The zero-order chi connectivity index (χ0) is 16.8. The molecule has 0 saturated carbocycles. The zero-order valence-electron chi connectivity index (χ0n) is 13.7. The molecule has 0 aliphatic heterocycles. The average Bonchev–Trinajstić information content (AvgIpc) is 3.16. The molecule has 2 heterocycles. The highest BCUT2D eigenvalue weighted by atomic mass is 16.5. The number of hydrogen-bond donors (Lipinski definition) is 1. The molecule has 3 aromatic rings. The summed E-state index contributed by atoms with van der Waals surface area (Å²) in [7, 11) is 1.63. The van der Waals surface area contributed by atoms with Gasteiger partial charge in [0.05, 0.1) is 19.4 Å². The first-order valence-corrected chi connectivity index (χ1v) is 7.79. The van der Waals surface area contributed by atoms with Gasteiger partial charge in [-0.1, -0.05) is 12.1 Å². The van der Waals surface area contributed by atoms with Gasteiger partial charge in [0.25, 0.3) is 0 Å². The number of hydrogen-bond acceptors (Lipinski definition) is 5. The van der Waals surface area contributed by atoms with E-state index in [4.69, 9.17) is 13.9 Å². The Morgan fingerprint density at radius 1 is 1.12 bits per heavy atom. The zero-order valence-corrected chi connectivity index (χ0v) is 13.7. The minimum atomic E-state index is 0.102. The van der Waals surface area contributed by atoms with Crippen LogP contribution in [0, 0.1) is 0 Å². The van der Waals surface area contributed by atoms with Gasteiger partial charge in [-0.3, -0.25) is 0 Å². The SMILES string of the molecule is COc1cccc(Oc2ncccc2CNC(C)c2ccco2)c1. The summed E-state index contributed by atoms with van der Waals surface area (Å²) in [5, 5.41) is 3.41. The van der Waals surface area contributed by atoms with Crippen LogP contribution in [0.1, 0.15) is 24.3 Å². The first-order valence-electron chi connectivity index (χ1n) is 7.79. The predicted molar refractivity (Wildman–Crippen MR) is 91.3 cm³/mol. The van der Waals surface area contributed by atoms with Gasteiger partial charge in [-0.2, -0.15) is 0 Å². The van der Waals surface area contributed by atoms with E-state index in [0.717, 1.165) is 17.1 Å². The number of benzene rings is 1. The lowest BCUT2D eigenvalue weighted by atomic mass is 10.2. The molecule has 5 heteroatoms. The maximum absolute atomic E-state index is 5.92. The highest BCUT2D eigenvalue weighted by Gasteiger charge is 2.11. The van der Waals surface area contributed by atoms with Crippen LogP contribution in [0.3, 0.4) is 0 Å². The van der Waals surface area contributed by atoms with E-state index < -0.39 is 0 Å². The Morgan fingerprint density at radius 3 is 2.79 bits per heavy atom. The molecule has 1 N–H and O–H groups in total. The molecule has 0 aliphatic carbocycles. The number of methoxy groups -OCH3 is 1. The molecule has 124 valence electrons. The van der Waals surface area contributed by atoms with Crippen LogP contribution in [0.25, 0.3) is 0 Å². The largest absolute Gasteiger partial charge is 0.497 e. The Hall–Kier alpha value is -2.79. The number of rotatable bonds is 7. The monoisotopic (exact) mass is 324 g/mol. The van der Waals surface area contributed by atoms with E-state index in [0.29, 0.717) is 18.2 Å². The molecular weight excluding hydrogens is 304 g/mol. The molecule has 0 bridgehead atoms. The fourth-order valence-electron chi connectivity index (χ4n) is 2.33. The minimum Gasteiger partial charge on any atom is -0.497 e. The molecule has 5 nitrogen and oxygen atoms in total. The van der Waals surface area contributed by atoms with Crippen LogP contribution in [0.4, 0.5) is 0 Å². The minimum absolute atomic E-state index is 0.102. The number of ether oxygens (including phenoxy) is 2. The van der Waals surface area contributed by atoms with Crippen LogP contribution in [0.15, 0.2) is 65.4 Å². The van der Waals surface area contributed by atoms with Crippen LogP contribution in [0.2, 0.25) is 0 Å². The fourth-order valence-corrected chi connectivity index (χ4v) is 2.33. The van der Waals surface area contributed by atoms with Gasteiger partial charge in [-0.05, 0) is 37.3 Å². The number of furan rings is 1. The van der Waals surface area contributed by atoms with E-state index in [1.165, 1.54) is 0 Å². The molecule has 0 amide bonds.